The Morgan fingerprint density at radius 1 is 1.61 bits per heavy atom. The largest absolute Gasteiger partial charge is 0.352 e. The third-order valence-electron chi connectivity index (χ3n) is 1.96. The number of hydrogen-bond donors (Lipinski definition) is 1. The van der Waals surface area contributed by atoms with E-state index in [-0.39, 0.29) is 18.7 Å². The van der Waals surface area contributed by atoms with Gasteiger partial charge in [0.25, 0.3) is 11.6 Å². The Labute approximate surface area is 100 Å². The van der Waals surface area contributed by atoms with Gasteiger partial charge in [0.2, 0.25) is 0 Å². The van der Waals surface area contributed by atoms with E-state index < -0.39 is 22.3 Å². The Morgan fingerprint density at radius 3 is 2.94 bits per heavy atom. The first-order valence-corrected chi connectivity index (χ1v) is 4.79. The second-order valence-corrected chi connectivity index (χ2v) is 3.13. The van der Waals surface area contributed by atoms with E-state index >= 15 is 0 Å². The van der Waals surface area contributed by atoms with E-state index in [2.05, 4.69) is 15.3 Å². The SMILES string of the molecule is [N-]=[N+]=NCCNC(=O)c1cc(F)ccc1[N+](=O)[O-]. The molecule has 94 valence electrons. The minimum absolute atomic E-state index is 0.00531. The predicted molar refractivity (Wildman–Crippen MR) is 59.4 cm³/mol. The molecule has 0 aliphatic rings. The first kappa shape index (κ1) is 13.4. The lowest BCUT2D eigenvalue weighted by Crippen LogP contribution is -2.26. The summed E-state index contributed by atoms with van der Waals surface area (Å²) in [6.07, 6.45) is 0. The molecule has 8 nitrogen and oxygen atoms in total. The number of nitro benzene ring substituents is 1. The number of carbonyl (C=O) groups excluding carboxylic acids is 1. The van der Waals surface area contributed by atoms with E-state index in [0.717, 1.165) is 18.2 Å². The van der Waals surface area contributed by atoms with Crippen LogP contribution >= 0.6 is 0 Å². The van der Waals surface area contributed by atoms with Crippen molar-refractivity contribution in [1.29, 1.82) is 0 Å². The third kappa shape index (κ3) is 3.42. The normalized spacial score (nSPS) is 9.39. The molecular formula is C9H8FN5O3. The zero-order valence-electron chi connectivity index (χ0n) is 9.04. The molecular weight excluding hydrogens is 245 g/mol. The monoisotopic (exact) mass is 253 g/mol. The Balaban J connectivity index is 2.86. The minimum atomic E-state index is -0.797. The summed E-state index contributed by atoms with van der Waals surface area (Å²) >= 11 is 0. The maximum absolute atomic E-state index is 12.9. The van der Waals surface area contributed by atoms with Crippen LogP contribution in [0.4, 0.5) is 10.1 Å². The summed E-state index contributed by atoms with van der Waals surface area (Å²) in [7, 11) is 0. The Kier molecular flexibility index (Phi) is 4.58. The Bertz CT molecular complexity index is 527. The smallest absolute Gasteiger partial charge is 0.282 e. The molecule has 0 heterocycles. The summed E-state index contributed by atoms with van der Waals surface area (Å²) in [4.78, 5) is 23.9. The van der Waals surface area contributed by atoms with Crippen LogP contribution in [0.5, 0.6) is 0 Å². The molecule has 1 amide bonds. The van der Waals surface area contributed by atoms with Gasteiger partial charge in [-0.15, -0.1) is 0 Å². The van der Waals surface area contributed by atoms with E-state index in [1.165, 1.54) is 0 Å². The molecule has 18 heavy (non-hydrogen) atoms. The summed E-state index contributed by atoms with van der Waals surface area (Å²) in [5.74, 6) is -1.55. The van der Waals surface area contributed by atoms with Gasteiger partial charge >= 0.3 is 0 Å². The molecule has 1 N–H and O–H groups in total. The fourth-order valence-electron chi connectivity index (χ4n) is 1.21. The van der Waals surface area contributed by atoms with Crippen molar-refractivity contribution in [3.63, 3.8) is 0 Å². The molecule has 1 rings (SSSR count). The Morgan fingerprint density at radius 2 is 2.33 bits per heavy atom. The average Bonchev–Trinajstić information content (AvgIpc) is 2.34. The van der Waals surface area contributed by atoms with Crippen LogP contribution in [-0.2, 0) is 0 Å². The number of nitro groups is 1. The molecule has 1 aromatic carbocycles. The fraction of sp³-hybridized carbons (Fsp3) is 0.222. The van der Waals surface area contributed by atoms with Crippen molar-refractivity contribution in [3.05, 3.63) is 50.1 Å². The van der Waals surface area contributed by atoms with Crippen LogP contribution in [0.15, 0.2) is 23.3 Å². The zero-order valence-corrected chi connectivity index (χ0v) is 9.04. The van der Waals surface area contributed by atoms with Crippen LogP contribution < -0.4 is 5.32 Å². The van der Waals surface area contributed by atoms with Crippen molar-refractivity contribution >= 4 is 11.6 Å². The van der Waals surface area contributed by atoms with Gasteiger partial charge in [-0.1, -0.05) is 5.11 Å². The molecule has 0 saturated heterocycles. The van der Waals surface area contributed by atoms with Crippen molar-refractivity contribution in [2.24, 2.45) is 5.11 Å². The van der Waals surface area contributed by atoms with Crippen LogP contribution in [-0.4, -0.2) is 23.9 Å². The molecule has 0 saturated carbocycles. The molecule has 9 heteroatoms. The summed E-state index contributed by atoms with van der Waals surface area (Å²) in [5, 5.41) is 16.1. The highest BCUT2D eigenvalue weighted by Crippen LogP contribution is 2.19. The molecule has 0 aliphatic carbocycles. The van der Waals surface area contributed by atoms with Crippen LogP contribution in [0.3, 0.4) is 0 Å². The zero-order chi connectivity index (χ0) is 13.5. The molecule has 1 aromatic rings. The molecule has 0 radical (unpaired) electrons. The minimum Gasteiger partial charge on any atom is -0.352 e. The number of carbonyl (C=O) groups is 1. The molecule has 0 aliphatic heterocycles. The quantitative estimate of drug-likeness (QED) is 0.215. The summed E-state index contributed by atoms with van der Waals surface area (Å²) in [6.45, 7) is 0.0158. The lowest BCUT2D eigenvalue weighted by atomic mass is 10.1. The van der Waals surface area contributed by atoms with Crippen molar-refractivity contribution in [2.75, 3.05) is 13.1 Å². The van der Waals surface area contributed by atoms with Gasteiger partial charge in [-0.3, -0.25) is 14.9 Å². The first-order valence-electron chi connectivity index (χ1n) is 4.79. The molecule has 0 bridgehead atoms. The van der Waals surface area contributed by atoms with Crippen LogP contribution in [0.1, 0.15) is 10.4 Å². The highest BCUT2D eigenvalue weighted by molar-refractivity contribution is 5.98. The number of hydrogen-bond acceptors (Lipinski definition) is 4. The van der Waals surface area contributed by atoms with E-state index in [1.807, 2.05) is 0 Å². The van der Waals surface area contributed by atoms with E-state index in [9.17, 15) is 19.3 Å². The van der Waals surface area contributed by atoms with E-state index in [4.69, 9.17) is 5.53 Å². The molecule has 0 fully saturated rings. The van der Waals surface area contributed by atoms with Crippen LogP contribution in [0.25, 0.3) is 10.4 Å². The van der Waals surface area contributed by atoms with Gasteiger partial charge in [0.15, 0.2) is 0 Å². The summed E-state index contributed by atoms with van der Waals surface area (Å²) in [5.41, 5.74) is 7.15. The van der Waals surface area contributed by atoms with Crippen molar-refractivity contribution in [3.8, 4) is 0 Å². The van der Waals surface area contributed by atoms with E-state index in [0.29, 0.717) is 0 Å². The lowest BCUT2D eigenvalue weighted by Gasteiger charge is -2.04. The van der Waals surface area contributed by atoms with Crippen LogP contribution in [0, 0.1) is 15.9 Å². The van der Waals surface area contributed by atoms with Gasteiger partial charge in [-0.2, -0.15) is 0 Å². The number of halogens is 1. The molecule has 0 aromatic heterocycles. The summed E-state index contributed by atoms with van der Waals surface area (Å²) in [6, 6.07) is 2.59. The average molecular weight is 253 g/mol. The fourth-order valence-corrected chi connectivity index (χ4v) is 1.21. The van der Waals surface area contributed by atoms with Gasteiger partial charge in [-0.25, -0.2) is 4.39 Å². The number of amides is 1. The maximum Gasteiger partial charge on any atom is 0.282 e. The second kappa shape index (κ2) is 6.16. The highest BCUT2D eigenvalue weighted by Gasteiger charge is 2.20. The first-order chi connectivity index (χ1) is 8.56. The Hall–Kier alpha value is -2.67. The van der Waals surface area contributed by atoms with Gasteiger partial charge in [-0.05, 0) is 17.7 Å². The van der Waals surface area contributed by atoms with Crippen molar-refractivity contribution in [2.45, 2.75) is 0 Å². The maximum atomic E-state index is 12.9. The van der Waals surface area contributed by atoms with Gasteiger partial charge < -0.3 is 5.32 Å². The molecule has 0 atom stereocenters. The number of azide groups is 1. The predicted octanol–water partition coefficient (Wildman–Crippen LogP) is 1.77. The molecule has 0 spiro atoms. The standard InChI is InChI=1S/C9H8FN5O3/c10-6-1-2-8(15(17)18)7(5-6)9(16)12-3-4-13-14-11/h1-2,5H,3-4H2,(H,12,16). The van der Waals surface area contributed by atoms with Gasteiger partial charge in [0.1, 0.15) is 11.4 Å². The summed E-state index contributed by atoms with van der Waals surface area (Å²) < 4.78 is 12.9. The van der Waals surface area contributed by atoms with Crippen LogP contribution in [0.2, 0.25) is 0 Å². The number of rotatable bonds is 5. The van der Waals surface area contributed by atoms with E-state index in [1.54, 1.807) is 0 Å². The van der Waals surface area contributed by atoms with Gasteiger partial charge in [0, 0.05) is 24.1 Å². The lowest BCUT2D eigenvalue weighted by molar-refractivity contribution is -0.385. The topological polar surface area (TPSA) is 121 Å². The van der Waals surface area contributed by atoms with Crippen molar-refractivity contribution < 1.29 is 14.1 Å². The highest BCUT2D eigenvalue weighted by atomic mass is 19.1. The third-order valence-corrected chi connectivity index (χ3v) is 1.96. The number of nitrogens with one attached hydrogen (secondary N) is 1. The van der Waals surface area contributed by atoms with Crippen molar-refractivity contribution in [1.82, 2.24) is 5.32 Å². The number of benzene rings is 1. The molecule has 0 unspecified atom stereocenters. The van der Waals surface area contributed by atoms with Gasteiger partial charge in [0.05, 0.1) is 4.92 Å². The second-order valence-electron chi connectivity index (χ2n) is 3.13. The number of nitrogens with zero attached hydrogens (tertiary/aromatic N) is 4.